The van der Waals surface area contributed by atoms with Crippen molar-refractivity contribution in [3.63, 3.8) is 0 Å². The molecule has 5 nitrogen and oxygen atoms in total. The highest BCUT2D eigenvalue weighted by Crippen LogP contribution is 1.93. The Morgan fingerprint density at radius 2 is 1.83 bits per heavy atom. The fourth-order valence-corrected chi connectivity index (χ4v) is 0.537. The van der Waals surface area contributed by atoms with Crippen LogP contribution in [0.4, 0.5) is 0 Å². The molecule has 1 fully saturated rings. The highest BCUT2D eigenvalue weighted by Gasteiger charge is 1.96. The van der Waals surface area contributed by atoms with E-state index in [9.17, 15) is 0 Å². The van der Waals surface area contributed by atoms with Gasteiger partial charge in [-0.1, -0.05) is 18.4 Å². The Kier molecular flexibility index (Phi) is 8.74. The minimum Gasteiger partial charge on any atom is -0.368 e. The topological polar surface area (TPSA) is 68.2 Å². The van der Waals surface area contributed by atoms with Crippen molar-refractivity contribution in [3.8, 4) is 0 Å². The molecule has 0 amide bonds. The summed E-state index contributed by atoms with van der Waals surface area (Å²) in [6, 6.07) is 0. The summed E-state index contributed by atoms with van der Waals surface area (Å²) in [5.74, 6) is 0. The Labute approximate surface area is 71.7 Å². The van der Waals surface area contributed by atoms with Gasteiger partial charge in [-0.2, -0.15) is 0 Å². The van der Waals surface area contributed by atoms with Gasteiger partial charge in [-0.05, 0) is 6.42 Å². The van der Waals surface area contributed by atoms with Gasteiger partial charge in [-0.25, -0.2) is 9.78 Å². The van der Waals surface area contributed by atoms with Crippen LogP contribution in [0.1, 0.15) is 26.2 Å². The molecule has 74 valence electrons. The normalized spacial score (nSPS) is 17.0. The Balaban J connectivity index is 0.000000202. The van der Waals surface area contributed by atoms with Crippen molar-refractivity contribution in [2.45, 2.75) is 32.5 Å². The molecule has 1 aliphatic rings. The number of hydrogen-bond donors (Lipinski definition) is 2. The standard InChI is InChI=1S/C4H10O2.C3H6O3/c1-2-3-4(5)6;1-2-4-6-5-3-1/h4-6H,2-3H2,1H3;1-3H2. The van der Waals surface area contributed by atoms with Gasteiger partial charge in [0.2, 0.25) is 0 Å². The number of hydrogen-bond acceptors (Lipinski definition) is 5. The first-order valence-electron chi connectivity index (χ1n) is 4.04. The minimum atomic E-state index is -1.10. The molecular weight excluding hydrogens is 164 g/mol. The molecule has 0 atom stereocenters. The Bertz CT molecular complexity index is 70.4. The van der Waals surface area contributed by atoms with E-state index in [0.29, 0.717) is 19.6 Å². The molecule has 0 radical (unpaired) electrons. The van der Waals surface area contributed by atoms with E-state index in [2.05, 4.69) is 14.8 Å². The summed E-state index contributed by atoms with van der Waals surface area (Å²) < 4.78 is 0. The van der Waals surface area contributed by atoms with Crippen LogP contribution in [0.2, 0.25) is 0 Å². The SMILES string of the molecule is C1COOOC1.CCCC(O)O. The van der Waals surface area contributed by atoms with Crippen LogP contribution >= 0.6 is 0 Å². The Morgan fingerprint density at radius 3 is 1.92 bits per heavy atom. The molecule has 1 rings (SSSR count). The molecule has 0 aliphatic carbocycles. The molecule has 2 N–H and O–H groups in total. The van der Waals surface area contributed by atoms with E-state index in [-0.39, 0.29) is 0 Å². The zero-order valence-corrected chi connectivity index (χ0v) is 7.23. The van der Waals surface area contributed by atoms with Crippen LogP contribution in [0.25, 0.3) is 0 Å². The monoisotopic (exact) mass is 180 g/mol. The van der Waals surface area contributed by atoms with E-state index in [0.717, 1.165) is 12.8 Å². The van der Waals surface area contributed by atoms with Gasteiger partial charge in [-0.3, -0.25) is 0 Å². The van der Waals surface area contributed by atoms with E-state index < -0.39 is 6.29 Å². The van der Waals surface area contributed by atoms with Crippen LogP contribution in [-0.4, -0.2) is 29.7 Å². The molecule has 1 heterocycles. The molecule has 1 aliphatic heterocycles. The highest BCUT2D eigenvalue weighted by molar-refractivity contribution is 4.31. The summed E-state index contributed by atoms with van der Waals surface area (Å²) in [5.41, 5.74) is 0. The fraction of sp³-hybridized carbons (Fsp3) is 1.00. The van der Waals surface area contributed by atoms with Crippen LogP contribution in [-0.2, 0) is 14.8 Å². The summed E-state index contributed by atoms with van der Waals surface area (Å²) in [6.45, 7) is 3.21. The quantitative estimate of drug-likeness (QED) is 0.474. The number of rotatable bonds is 2. The van der Waals surface area contributed by atoms with E-state index in [1.165, 1.54) is 0 Å². The van der Waals surface area contributed by atoms with Crippen LogP contribution in [0, 0.1) is 0 Å². The molecule has 0 saturated carbocycles. The van der Waals surface area contributed by atoms with Crippen LogP contribution in [0.15, 0.2) is 0 Å². The second-order valence-electron chi connectivity index (χ2n) is 2.33. The number of aliphatic hydroxyl groups is 2. The highest BCUT2D eigenvalue weighted by atomic mass is 17.5. The third-order valence-corrected chi connectivity index (χ3v) is 1.10. The molecule has 0 bridgehead atoms. The lowest BCUT2D eigenvalue weighted by molar-refractivity contribution is -0.532. The predicted molar refractivity (Wildman–Crippen MR) is 40.7 cm³/mol. The van der Waals surface area contributed by atoms with E-state index in [4.69, 9.17) is 10.2 Å². The van der Waals surface area contributed by atoms with Gasteiger partial charge in [0.25, 0.3) is 0 Å². The van der Waals surface area contributed by atoms with Crippen molar-refractivity contribution in [1.29, 1.82) is 0 Å². The zero-order chi connectivity index (χ0) is 9.23. The predicted octanol–water partition coefficient (Wildman–Crippen LogP) is 0.367. The summed E-state index contributed by atoms with van der Waals surface area (Å²) >= 11 is 0. The molecule has 0 spiro atoms. The second-order valence-corrected chi connectivity index (χ2v) is 2.33. The van der Waals surface area contributed by atoms with Crippen LogP contribution in [0.3, 0.4) is 0 Å². The molecule has 0 unspecified atom stereocenters. The Hall–Kier alpha value is -0.200. The first-order valence-corrected chi connectivity index (χ1v) is 4.04. The van der Waals surface area contributed by atoms with Crippen molar-refractivity contribution in [2.24, 2.45) is 0 Å². The van der Waals surface area contributed by atoms with Crippen molar-refractivity contribution in [2.75, 3.05) is 13.2 Å². The second kappa shape index (κ2) is 8.89. The largest absolute Gasteiger partial charge is 0.368 e. The zero-order valence-electron chi connectivity index (χ0n) is 7.23. The van der Waals surface area contributed by atoms with Crippen LogP contribution < -0.4 is 0 Å². The molecule has 0 aromatic carbocycles. The van der Waals surface area contributed by atoms with Crippen molar-refractivity contribution < 1.29 is 25.0 Å². The maximum Gasteiger partial charge on any atom is 0.151 e. The minimum absolute atomic E-state index is 0.486. The maximum absolute atomic E-state index is 8.11. The van der Waals surface area contributed by atoms with Gasteiger partial charge < -0.3 is 10.2 Å². The van der Waals surface area contributed by atoms with Gasteiger partial charge in [0.1, 0.15) is 0 Å². The van der Waals surface area contributed by atoms with Gasteiger partial charge in [0, 0.05) is 6.42 Å². The number of aliphatic hydroxyl groups excluding tert-OH is 1. The third-order valence-electron chi connectivity index (χ3n) is 1.10. The van der Waals surface area contributed by atoms with E-state index in [1.54, 1.807) is 0 Å². The summed E-state index contributed by atoms with van der Waals surface area (Å²) in [7, 11) is 0. The van der Waals surface area contributed by atoms with E-state index >= 15 is 0 Å². The maximum atomic E-state index is 8.11. The third kappa shape index (κ3) is 9.80. The smallest absolute Gasteiger partial charge is 0.151 e. The molecule has 12 heavy (non-hydrogen) atoms. The van der Waals surface area contributed by atoms with Gasteiger partial charge in [0.05, 0.1) is 13.2 Å². The van der Waals surface area contributed by atoms with Gasteiger partial charge >= 0.3 is 0 Å². The molecule has 0 aromatic heterocycles. The lowest BCUT2D eigenvalue weighted by Gasteiger charge is -2.06. The van der Waals surface area contributed by atoms with Gasteiger partial charge in [0.15, 0.2) is 6.29 Å². The fourth-order valence-electron chi connectivity index (χ4n) is 0.537. The molecule has 5 heteroatoms. The summed E-state index contributed by atoms with van der Waals surface area (Å²) in [5, 5.41) is 20.3. The van der Waals surface area contributed by atoms with Gasteiger partial charge in [-0.15, -0.1) is 0 Å². The Morgan fingerprint density at radius 1 is 1.25 bits per heavy atom. The molecule has 0 aromatic rings. The first-order chi connectivity index (χ1) is 5.77. The average Bonchev–Trinajstić information content (AvgIpc) is 2.08. The van der Waals surface area contributed by atoms with Crippen molar-refractivity contribution >= 4 is 0 Å². The van der Waals surface area contributed by atoms with Crippen molar-refractivity contribution in [1.82, 2.24) is 0 Å². The molecule has 1 saturated heterocycles. The molecular formula is C7H16O5. The van der Waals surface area contributed by atoms with Crippen LogP contribution in [0.5, 0.6) is 0 Å². The summed E-state index contributed by atoms with van der Waals surface area (Å²) in [4.78, 5) is 8.69. The summed E-state index contributed by atoms with van der Waals surface area (Å²) in [6.07, 6.45) is 1.15. The van der Waals surface area contributed by atoms with Crippen molar-refractivity contribution in [3.05, 3.63) is 0 Å². The average molecular weight is 180 g/mol. The lowest BCUT2D eigenvalue weighted by atomic mass is 10.3. The first kappa shape index (κ1) is 11.8. The lowest BCUT2D eigenvalue weighted by Crippen LogP contribution is -2.08. The van der Waals surface area contributed by atoms with E-state index in [1.807, 2.05) is 6.92 Å².